The van der Waals surface area contributed by atoms with Gasteiger partial charge in [-0.1, -0.05) is 32.9 Å². The van der Waals surface area contributed by atoms with Crippen molar-refractivity contribution in [1.82, 2.24) is 15.0 Å². The topological polar surface area (TPSA) is 47.8 Å². The SMILES string of the molecule is CC(C)CCC(=O)n1cc(C(C)C)nn1. The monoisotopic (exact) mass is 209 g/mol. The lowest BCUT2D eigenvalue weighted by atomic mass is 10.1. The zero-order valence-corrected chi connectivity index (χ0v) is 9.90. The molecule has 0 spiro atoms. The number of rotatable bonds is 4. The van der Waals surface area contributed by atoms with Crippen LogP contribution in [0.4, 0.5) is 0 Å². The van der Waals surface area contributed by atoms with Gasteiger partial charge in [0.05, 0.1) is 11.9 Å². The van der Waals surface area contributed by atoms with Crippen molar-refractivity contribution in [3.8, 4) is 0 Å². The van der Waals surface area contributed by atoms with Gasteiger partial charge in [0.25, 0.3) is 0 Å². The van der Waals surface area contributed by atoms with E-state index in [-0.39, 0.29) is 5.91 Å². The Morgan fingerprint density at radius 1 is 1.40 bits per heavy atom. The van der Waals surface area contributed by atoms with Gasteiger partial charge in [-0.25, -0.2) is 0 Å². The Hall–Kier alpha value is -1.19. The molecule has 0 saturated heterocycles. The first-order valence-electron chi connectivity index (χ1n) is 5.46. The average Bonchev–Trinajstić information content (AvgIpc) is 2.62. The minimum absolute atomic E-state index is 0.0306. The summed E-state index contributed by atoms with van der Waals surface area (Å²) in [4.78, 5) is 11.6. The molecule has 1 heterocycles. The maximum absolute atomic E-state index is 11.6. The molecule has 0 aliphatic rings. The number of hydrogen-bond donors (Lipinski definition) is 0. The normalized spacial score (nSPS) is 11.3. The zero-order valence-electron chi connectivity index (χ0n) is 9.90. The van der Waals surface area contributed by atoms with E-state index in [1.807, 2.05) is 13.8 Å². The van der Waals surface area contributed by atoms with Gasteiger partial charge in [-0.05, 0) is 18.3 Å². The van der Waals surface area contributed by atoms with E-state index in [2.05, 4.69) is 24.2 Å². The Balaban J connectivity index is 2.58. The molecule has 0 aliphatic carbocycles. The van der Waals surface area contributed by atoms with Crippen molar-refractivity contribution in [1.29, 1.82) is 0 Å². The van der Waals surface area contributed by atoms with Crippen molar-refractivity contribution in [2.45, 2.75) is 46.5 Å². The summed E-state index contributed by atoms with van der Waals surface area (Å²) in [6.45, 7) is 8.28. The fourth-order valence-corrected chi connectivity index (χ4v) is 1.19. The average molecular weight is 209 g/mol. The van der Waals surface area contributed by atoms with Crippen LogP contribution in [-0.4, -0.2) is 20.9 Å². The van der Waals surface area contributed by atoms with Crippen LogP contribution in [0.25, 0.3) is 0 Å². The van der Waals surface area contributed by atoms with E-state index in [0.29, 0.717) is 18.3 Å². The third-order valence-electron chi connectivity index (χ3n) is 2.29. The minimum atomic E-state index is 0.0306. The molecule has 0 bridgehead atoms. The van der Waals surface area contributed by atoms with Crippen LogP contribution in [0.2, 0.25) is 0 Å². The van der Waals surface area contributed by atoms with E-state index >= 15 is 0 Å². The van der Waals surface area contributed by atoms with E-state index in [0.717, 1.165) is 12.1 Å². The fourth-order valence-electron chi connectivity index (χ4n) is 1.19. The molecule has 0 N–H and O–H groups in total. The molecule has 0 aromatic carbocycles. The van der Waals surface area contributed by atoms with Crippen LogP contribution in [0.1, 0.15) is 56.9 Å². The van der Waals surface area contributed by atoms with Crippen molar-refractivity contribution < 1.29 is 4.79 Å². The number of hydrogen-bond acceptors (Lipinski definition) is 3. The van der Waals surface area contributed by atoms with E-state index < -0.39 is 0 Å². The molecule has 84 valence electrons. The maximum atomic E-state index is 11.6. The van der Waals surface area contributed by atoms with Gasteiger partial charge in [-0.15, -0.1) is 5.10 Å². The highest BCUT2D eigenvalue weighted by Crippen LogP contribution is 2.10. The summed E-state index contributed by atoms with van der Waals surface area (Å²) in [5, 5.41) is 7.79. The lowest BCUT2D eigenvalue weighted by Gasteiger charge is -2.02. The first-order valence-corrected chi connectivity index (χ1v) is 5.46. The Bertz CT molecular complexity index is 328. The lowest BCUT2D eigenvalue weighted by molar-refractivity contribution is 0.0876. The number of aromatic nitrogens is 3. The highest BCUT2D eigenvalue weighted by molar-refractivity contribution is 5.77. The summed E-state index contributed by atoms with van der Waals surface area (Å²) in [7, 11) is 0. The van der Waals surface area contributed by atoms with Crippen LogP contribution in [0, 0.1) is 5.92 Å². The van der Waals surface area contributed by atoms with Crippen LogP contribution in [0.5, 0.6) is 0 Å². The van der Waals surface area contributed by atoms with Gasteiger partial charge < -0.3 is 0 Å². The summed E-state index contributed by atoms with van der Waals surface area (Å²) < 4.78 is 1.36. The molecule has 1 rings (SSSR count). The summed E-state index contributed by atoms with van der Waals surface area (Å²) in [5.41, 5.74) is 0.868. The molecule has 0 fully saturated rings. The minimum Gasteiger partial charge on any atom is -0.273 e. The van der Waals surface area contributed by atoms with Gasteiger partial charge in [-0.3, -0.25) is 4.79 Å². The van der Waals surface area contributed by atoms with Gasteiger partial charge in [-0.2, -0.15) is 4.68 Å². The Morgan fingerprint density at radius 2 is 2.07 bits per heavy atom. The van der Waals surface area contributed by atoms with Crippen LogP contribution in [0.15, 0.2) is 6.20 Å². The van der Waals surface area contributed by atoms with Gasteiger partial charge in [0.2, 0.25) is 5.91 Å². The second-order valence-corrected chi connectivity index (χ2v) is 4.57. The molecule has 0 unspecified atom stereocenters. The third kappa shape index (κ3) is 3.46. The smallest absolute Gasteiger partial charge is 0.248 e. The van der Waals surface area contributed by atoms with Crippen molar-refractivity contribution >= 4 is 5.91 Å². The Labute approximate surface area is 90.7 Å². The predicted molar refractivity (Wildman–Crippen MR) is 58.8 cm³/mol. The molecule has 1 aromatic heterocycles. The molecule has 1 aromatic rings. The van der Waals surface area contributed by atoms with Crippen molar-refractivity contribution in [3.63, 3.8) is 0 Å². The molecule has 4 heteroatoms. The van der Waals surface area contributed by atoms with Gasteiger partial charge in [0.15, 0.2) is 0 Å². The van der Waals surface area contributed by atoms with E-state index in [4.69, 9.17) is 0 Å². The third-order valence-corrected chi connectivity index (χ3v) is 2.29. The quantitative estimate of drug-likeness (QED) is 0.765. The Kier molecular flexibility index (Phi) is 4.00. The van der Waals surface area contributed by atoms with Gasteiger partial charge in [0.1, 0.15) is 0 Å². The largest absolute Gasteiger partial charge is 0.273 e. The molecule has 0 saturated carbocycles. The second-order valence-electron chi connectivity index (χ2n) is 4.57. The first-order chi connectivity index (χ1) is 7.00. The van der Waals surface area contributed by atoms with Crippen LogP contribution >= 0.6 is 0 Å². The molecule has 0 aliphatic heterocycles. The Morgan fingerprint density at radius 3 is 2.53 bits per heavy atom. The molecule has 15 heavy (non-hydrogen) atoms. The van der Waals surface area contributed by atoms with Crippen molar-refractivity contribution in [3.05, 3.63) is 11.9 Å². The van der Waals surface area contributed by atoms with Crippen molar-refractivity contribution in [2.75, 3.05) is 0 Å². The standard InChI is InChI=1S/C11H19N3O/c1-8(2)5-6-11(15)14-7-10(9(3)4)12-13-14/h7-9H,5-6H2,1-4H3. The van der Waals surface area contributed by atoms with E-state index in [9.17, 15) is 4.79 Å². The molecule has 0 atom stereocenters. The second kappa shape index (κ2) is 5.05. The maximum Gasteiger partial charge on any atom is 0.248 e. The number of carbonyl (C=O) groups is 1. The summed E-state index contributed by atoms with van der Waals surface area (Å²) >= 11 is 0. The zero-order chi connectivity index (χ0) is 11.4. The fraction of sp³-hybridized carbons (Fsp3) is 0.727. The molecule has 4 nitrogen and oxygen atoms in total. The summed E-state index contributed by atoms with van der Waals surface area (Å²) in [6, 6.07) is 0. The molecule has 0 amide bonds. The summed E-state index contributed by atoms with van der Waals surface area (Å²) in [5.74, 6) is 0.891. The highest BCUT2D eigenvalue weighted by Gasteiger charge is 2.10. The summed E-state index contributed by atoms with van der Waals surface area (Å²) in [6.07, 6.45) is 3.17. The number of carbonyl (C=O) groups excluding carboxylic acids is 1. The molecular weight excluding hydrogens is 190 g/mol. The van der Waals surface area contributed by atoms with Gasteiger partial charge >= 0.3 is 0 Å². The molecule has 0 radical (unpaired) electrons. The highest BCUT2D eigenvalue weighted by atomic mass is 16.2. The van der Waals surface area contributed by atoms with E-state index in [1.165, 1.54) is 4.68 Å². The van der Waals surface area contributed by atoms with Crippen LogP contribution in [-0.2, 0) is 0 Å². The predicted octanol–water partition coefficient (Wildman–Crippen LogP) is 2.48. The van der Waals surface area contributed by atoms with Crippen molar-refractivity contribution in [2.24, 2.45) is 5.92 Å². The first kappa shape index (κ1) is 11.9. The number of nitrogens with zero attached hydrogens (tertiary/aromatic N) is 3. The lowest BCUT2D eigenvalue weighted by Crippen LogP contribution is -2.12. The molecular formula is C11H19N3O. The van der Waals surface area contributed by atoms with Crippen LogP contribution in [0.3, 0.4) is 0 Å². The van der Waals surface area contributed by atoms with Crippen LogP contribution < -0.4 is 0 Å². The van der Waals surface area contributed by atoms with Gasteiger partial charge in [0, 0.05) is 6.42 Å². The van der Waals surface area contributed by atoms with E-state index in [1.54, 1.807) is 6.20 Å².